The highest BCUT2D eigenvalue weighted by Gasteiger charge is 2.24. The molecular weight excluding hydrogens is 416 g/mol. The van der Waals surface area contributed by atoms with E-state index < -0.39 is 34.5 Å². The van der Waals surface area contributed by atoms with E-state index in [-0.39, 0.29) is 10.9 Å². The third kappa shape index (κ3) is 7.80. The lowest BCUT2D eigenvalue weighted by Gasteiger charge is -2.21. The summed E-state index contributed by atoms with van der Waals surface area (Å²) in [5, 5.41) is 2.88. The van der Waals surface area contributed by atoms with E-state index in [4.69, 9.17) is 4.74 Å². The normalized spacial score (nSPS) is 13.5. The summed E-state index contributed by atoms with van der Waals surface area (Å²) in [7, 11) is -3.88. The summed E-state index contributed by atoms with van der Waals surface area (Å²) in [6, 6.07) is 14.5. The molecule has 7 nitrogen and oxygen atoms in total. The molecule has 0 spiro atoms. The number of hydrogen-bond donors (Lipinski definition) is 2. The standard InChI is InChI=1S/C23H30N2O5S/c1-16(2)14-21(19-8-6-5-7-9-19)24-22(26)15-30-23(27)18(4)25-31(28,29)20-12-10-17(3)11-13-20/h5-13,16,18,21,25H,14-15H2,1-4H3,(H,24,26)/t18-,21-/m0/s1. The monoisotopic (exact) mass is 446 g/mol. The van der Waals surface area contributed by atoms with Gasteiger partial charge in [0.25, 0.3) is 5.91 Å². The van der Waals surface area contributed by atoms with Crippen LogP contribution in [0.1, 0.15) is 44.4 Å². The minimum Gasteiger partial charge on any atom is -0.454 e. The van der Waals surface area contributed by atoms with Crippen molar-refractivity contribution in [3.05, 3.63) is 65.7 Å². The Morgan fingerprint density at radius 2 is 1.58 bits per heavy atom. The van der Waals surface area contributed by atoms with E-state index in [1.165, 1.54) is 19.1 Å². The maximum Gasteiger partial charge on any atom is 0.324 e. The van der Waals surface area contributed by atoms with E-state index in [0.29, 0.717) is 5.92 Å². The number of amides is 1. The molecule has 0 bridgehead atoms. The maximum atomic E-state index is 12.4. The number of carbonyl (C=O) groups is 2. The smallest absolute Gasteiger partial charge is 0.324 e. The minimum atomic E-state index is -3.88. The van der Waals surface area contributed by atoms with Gasteiger partial charge >= 0.3 is 5.97 Å². The highest BCUT2D eigenvalue weighted by Crippen LogP contribution is 2.21. The van der Waals surface area contributed by atoms with Gasteiger partial charge in [0.2, 0.25) is 10.0 Å². The quantitative estimate of drug-likeness (QED) is 0.546. The van der Waals surface area contributed by atoms with Crippen LogP contribution in [0, 0.1) is 12.8 Å². The van der Waals surface area contributed by atoms with Gasteiger partial charge in [0.15, 0.2) is 6.61 Å². The van der Waals surface area contributed by atoms with Crippen LogP contribution in [0.2, 0.25) is 0 Å². The van der Waals surface area contributed by atoms with Crippen molar-refractivity contribution in [2.75, 3.05) is 6.61 Å². The van der Waals surface area contributed by atoms with Crippen molar-refractivity contribution in [1.29, 1.82) is 0 Å². The summed E-state index contributed by atoms with van der Waals surface area (Å²) < 4.78 is 32.1. The lowest BCUT2D eigenvalue weighted by atomic mass is 9.97. The summed E-state index contributed by atoms with van der Waals surface area (Å²) in [6.07, 6.45) is 0.733. The molecular formula is C23H30N2O5S. The fourth-order valence-corrected chi connectivity index (χ4v) is 4.19. The number of carbonyl (C=O) groups excluding carboxylic acids is 2. The number of aryl methyl sites for hydroxylation is 1. The summed E-state index contributed by atoms with van der Waals surface area (Å²) in [5.74, 6) is -0.924. The molecule has 0 aliphatic carbocycles. The molecule has 0 saturated carbocycles. The summed E-state index contributed by atoms with van der Waals surface area (Å²) in [4.78, 5) is 24.6. The molecule has 2 aromatic carbocycles. The van der Waals surface area contributed by atoms with Gasteiger partial charge in [-0.05, 0) is 43.9 Å². The van der Waals surface area contributed by atoms with Gasteiger partial charge in [-0.25, -0.2) is 8.42 Å². The first kappa shape index (κ1) is 24.6. The summed E-state index contributed by atoms with van der Waals surface area (Å²) in [5.41, 5.74) is 1.89. The number of nitrogens with one attached hydrogen (secondary N) is 2. The fraction of sp³-hybridized carbons (Fsp3) is 0.391. The minimum absolute atomic E-state index is 0.0508. The molecule has 2 atom stereocenters. The number of ether oxygens (including phenoxy) is 1. The topological polar surface area (TPSA) is 102 Å². The molecule has 1 amide bonds. The zero-order valence-electron chi connectivity index (χ0n) is 18.3. The Bertz CT molecular complexity index is 973. The average molecular weight is 447 g/mol. The van der Waals surface area contributed by atoms with Crippen LogP contribution in [0.15, 0.2) is 59.5 Å². The number of benzene rings is 2. The summed E-state index contributed by atoms with van der Waals surface area (Å²) in [6.45, 7) is 6.85. The van der Waals surface area contributed by atoms with Gasteiger partial charge in [-0.15, -0.1) is 0 Å². The van der Waals surface area contributed by atoms with Crippen molar-refractivity contribution in [1.82, 2.24) is 10.0 Å². The third-order valence-electron chi connectivity index (χ3n) is 4.61. The first-order valence-electron chi connectivity index (χ1n) is 10.2. The zero-order valence-corrected chi connectivity index (χ0v) is 19.1. The Hall–Kier alpha value is -2.71. The van der Waals surface area contributed by atoms with Crippen LogP contribution in [0.5, 0.6) is 0 Å². The molecule has 0 radical (unpaired) electrons. The van der Waals surface area contributed by atoms with Crippen molar-refractivity contribution >= 4 is 21.9 Å². The number of sulfonamides is 1. The molecule has 2 N–H and O–H groups in total. The Morgan fingerprint density at radius 1 is 0.968 bits per heavy atom. The predicted octanol–water partition coefficient (Wildman–Crippen LogP) is 3.11. The van der Waals surface area contributed by atoms with Gasteiger partial charge in [0, 0.05) is 0 Å². The maximum absolute atomic E-state index is 12.4. The first-order valence-corrected chi connectivity index (χ1v) is 11.7. The molecule has 2 rings (SSSR count). The number of hydrogen-bond acceptors (Lipinski definition) is 5. The van der Waals surface area contributed by atoms with Crippen LogP contribution in [-0.2, 0) is 24.3 Å². The molecule has 0 saturated heterocycles. The van der Waals surface area contributed by atoms with Gasteiger partial charge < -0.3 is 10.1 Å². The number of esters is 1. The Labute approximate surface area is 184 Å². The molecule has 2 aromatic rings. The first-order chi connectivity index (χ1) is 14.6. The molecule has 8 heteroatoms. The Balaban J connectivity index is 1.91. The van der Waals surface area contributed by atoms with Gasteiger partial charge in [-0.3, -0.25) is 9.59 Å². The second kappa shape index (κ2) is 11.1. The van der Waals surface area contributed by atoms with Crippen LogP contribution in [0.25, 0.3) is 0 Å². The van der Waals surface area contributed by atoms with E-state index in [9.17, 15) is 18.0 Å². The van der Waals surface area contributed by atoms with Crippen LogP contribution in [0.3, 0.4) is 0 Å². The van der Waals surface area contributed by atoms with E-state index in [1.54, 1.807) is 12.1 Å². The van der Waals surface area contributed by atoms with Crippen molar-refractivity contribution in [3.8, 4) is 0 Å². The van der Waals surface area contributed by atoms with Crippen molar-refractivity contribution in [2.24, 2.45) is 5.92 Å². The molecule has 0 aliphatic rings. The second-order valence-corrected chi connectivity index (χ2v) is 9.64. The largest absolute Gasteiger partial charge is 0.454 e. The van der Waals surface area contributed by atoms with Crippen molar-refractivity contribution in [3.63, 3.8) is 0 Å². The van der Waals surface area contributed by atoms with Gasteiger partial charge in [0.05, 0.1) is 10.9 Å². The Kier molecular flexibility index (Phi) is 8.76. The van der Waals surface area contributed by atoms with E-state index >= 15 is 0 Å². The van der Waals surface area contributed by atoms with Crippen molar-refractivity contribution < 1.29 is 22.7 Å². The van der Waals surface area contributed by atoms with E-state index in [2.05, 4.69) is 23.9 Å². The molecule has 0 heterocycles. The van der Waals surface area contributed by atoms with Gasteiger partial charge in [0.1, 0.15) is 6.04 Å². The highest BCUT2D eigenvalue weighted by molar-refractivity contribution is 7.89. The molecule has 0 aliphatic heterocycles. The molecule has 0 unspecified atom stereocenters. The second-order valence-electron chi connectivity index (χ2n) is 7.92. The zero-order chi connectivity index (χ0) is 23.0. The van der Waals surface area contributed by atoms with Crippen LogP contribution in [0.4, 0.5) is 0 Å². The van der Waals surface area contributed by atoms with Gasteiger partial charge in [-0.2, -0.15) is 4.72 Å². The van der Waals surface area contributed by atoms with Crippen LogP contribution >= 0.6 is 0 Å². The lowest BCUT2D eigenvalue weighted by Crippen LogP contribution is -2.41. The van der Waals surface area contributed by atoms with Gasteiger partial charge in [-0.1, -0.05) is 61.9 Å². The Morgan fingerprint density at radius 3 is 2.16 bits per heavy atom. The molecule has 168 valence electrons. The van der Waals surface area contributed by atoms with Crippen LogP contribution < -0.4 is 10.0 Å². The fourth-order valence-electron chi connectivity index (χ4n) is 3.00. The highest BCUT2D eigenvalue weighted by atomic mass is 32.2. The third-order valence-corrected chi connectivity index (χ3v) is 6.16. The number of rotatable bonds is 10. The van der Waals surface area contributed by atoms with E-state index in [1.807, 2.05) is 37.3 Å². The van der Waals surface area contributed by atoms with Crippen LogP contribution in [-0.4, -0.2) is 32.9 Å². The summed E-state index contributed by atoms with van der Waals surface area (Å²) >= 11 is 0. The molecule has 31 heavy (non-hydrogen) atoms. The lowest BCUT2D eigenvalue weighted by molar-refractivity contribution is -0.150. The van der Waals surface area contributed by atoms with E-state index in [0.717, 1.165) is 17.5 Å². The average Bonchev–Trinajstić information content (AvgIpc) is 2.71. The molecule has 0 fully saturated rings. The van der Waals surface area contributed by atoms with Crippen molar-refractivity contribution in [2.45, 2.75) is 51.1 Å². The predicted molar refractivity (Wildman–Crippen MR) is 119 cm³/mol. The molecule has 0 aromatic heterocycles. The SMILES string of the molecule is Cc1ccc(S(=O)(=O)N[C@@H](C)C(=O)OCC(=O)N[C@@H](CC(C)C)c2ccccc2)cc1.